The molecule has 2 unspecified atom stereocenters. The average Bonchev–Trinajstić information content (AvgIpc) is 2.25. The predicted molar refractivity (Wildman–Crippen MR) is 73.1 cm³/mol. The fraction of sp³-hybridized carbons (Fsp3) is 0.600. The fourth-order valence-corrected chi connectivity index (χ4v) is 1.75. The summed E-state index contributed by atoms with van der Waals surface area (Å²) in [6, 6.07) is 8.95. The molecule has 0 radical (unpaired) electrons. The first-order valence-corrected chi connectivity index (χ1v) is 6.39. The highest BCUT2D eigenvalue weighted by Gasteiger charge is 2.24. The molecular weight excluding hydrogens is 210 g/mol. The first-order valence-electron chi connectivity index (χ1n) is 6.39. The molecule has 1 aromatic rings. The van der Waals surface area contributed by atoms with Crippen LogP contribution in [0.2, 0.25) is 0 Å². The van der Waals surface area contributed by atoms with E-state index in [9.17, 15) is 5.11 Å². The summed E-state index contributed by atoms with van der Waals surface area (Å²) in [6.07, 6.45) is 1.02. The highest BCUT2D eigenvalue weighted by atomic mass is 16.3. The Labute approximate surface area is 105 Å². The minimum Gasteiger partial charge on any atom is -0.389 e. The van der Waals surface area contributed by atoms with Gasteiger partial charge in [-0.15, -0.1) is 0 Å². The van der Waals surface area contributed by atoms with Gasteiger partial charge in [-0.2, -0.15) is 0 Å². The van der Waals surface area contributed by atoms with Gasteiger partial charge in [0, 0.05) is 12.1 Å². The maximum atomic E-state index is 9.96. The Bertz CT molecular complexity index is 337. The van der Waals surface area contributed by atoms with E-state index in [4.69, 9.17) is 0 Å². The van der Waals surface area contributed by atoms with Crippen LogP contribution in [-0.4, -0.2) is 16.7 Å². The molecule has 0 aliphatic carbocycles. The van der Waals surface area contributed by atoms with E-state index in [1.54, 1.807) is 0 Å². The van der Waals surface area contributed by atoms with Gasteiger partial charge < -0.3 is 10.4 Å². The first kappa shape index (κ1) is 14.2. The summed E-state index contributed by atoms with van der Waals surface area (Å²) in [5, 5.41) is 13.5. The molecule has 0 saturated carbocycles. The zero-order chi connectivity index (χ0) is 13.1. The molecule has 96 valence electrons. The van der Waals surface area contributed by atoms with Crippen molar-refractivity contribution >= 4 is 0 Å². The standard InChI is InChI=1S/C15H25NO/c1-6-14(16-12(3)15(4,5)17)13-9-7-11(2)8-10-13/h7-10,12,14,16-17H,6H2,1-5H3. The van der Waals surface area contributed by atoms with Crippen LogP contribution in [-0.2, 0) is 0 Å². The number of rotatable bonds is 5. The van der Waals surface area contributed by atoms with Crippen LogP contribution in [0.3, 0.4) is 0 Å². The van der Waals surface area contributed by atoms with Crippen molar-refractivity contribution in [1.29, 1.82) is 0 Å². The van der Waals surface area contributed by atoms with E-state index < -0.39 is 5.60 Å². The van der Waals surface area contributed by atoms with Crippen molar-refractivity contribution < 1.29 is 5.11 Å². The molecular formula is C15H25NO. The molecule has 0 bridgehead atoms. The summed E-state index contributed by atoms with van der Waals surface area (Å²) in [5.41, 5.74) is 1.87. The lowest BCUT2D eigenvalue weighted by Gasteiger charge is -2.31. The van der Waals surface area contributed by atoms with E-state index in [1.165, 1.54) is 11.1 Å². The molecule has 1 aromatic carbocycles. The van der Waals surface area contributed by atoms with Crippen molar-refractivity contribution in [2.75, 3.05) is 0 Å². The average molecular weight is 235 g/mol. The SMILES string of the molecule is CCC(NC(C)C(C)(C)O)c1ccc(C)cc1. The van der Waals surface area contributed by atoms with Crippen molar-refractivity contribution in [2.24, 2.45) is 0 Å². The zero-order valence-electron chi connectivity index (χ0n) is 11.6. The molecule has 2 N–H and O–H groups in total. The Kier molecular flexibility index (Phi) is 4.72. The van der Waals surface area contributed by atoms with Crippen molar-refractivity contribution in [1.82, 2.24) is 5.32 Å². The van der Waals surface area contributed by atoms with Gasteiger partial charge in [0.1, 0.15) is 0 Å². The second-order valence-electron chi connectivity index (χ2n) is 5.41. The Morgan fingerprint density at radius 3 is 2.18 bits per heavy atom. The molecule has 0 amide bonds. The van der Waals surface area contributed by atoms with Gasteiger partial charge >= 0.3 is 0 Å². The molecule has 0 aliphatic heterocycles. The molecule has 2 heteroatoms. The number of hydrogen-bond donors (Lipinski definition) is 2. The lowest BCUT2D eigenvalue weighted by molar-refractivity contribution is 0.0395. The Morgan fingerprint density at radius 1 is 1.24 bits per heavy atom. The van der Waals surface area contributed by atoms with Crippen LogP contribution in [0.15, 0.2) is 24.3 Å². The number of nitrogens with one attached hydrogen (secondary N) is 1. The van der Waals surface area contributed by atoms with Gasteiger partial charge in [-0.05, 0) is 39.7 Å². The maximum Gasteiger partial charge on any atom is 0.0741 e. The third-order valence-electron chi connectivity index (χ3n) is 3.40. The third kappa shape index (κ3) is 4.14. The van der Waals surface area contributed by atoms with E-state index in [1.807, 2.05) is 20.8 Å². The van der Waals surface area contributed by atoms with E-state index >= 15 is 0 Å². The summed E-state index contributed by atoms with van der Waals surface area (Å²) in [6.45, 7) is 9.96. The molecule has 0 fully saturated rings. The molecule has 0 saturated heterocycles. The summed E-state index contributed by atoms with van der Waals surface area (Å²) in [5.74, 6) is 0. The van der Waals surface area contributed by atoms with Gasteiger partial charge in [0.2, 0.25) is 0 Å². The lowest BCUT2D eigenvalue weighted by atomic mass is 9.96. The van der Waals surface area contributed by atoms with Gasteiger partial charge in [0.25, 0.3) is 0 Å². The van der Waals surface area contributed by atoms with Crippen molar-refractivity contribution in [3.63, 3.8) is 0 Å². The molecule has 0 aliphatic rings. The quantitative estimate of drug-likeness (QED) is 0.821. The van der Waals surface area contributed by atoms with Crippen LogP contribution in [0.25, 0.3) is 0 Å². The Hall–Kier alpha value is -0.860. The van der Waals surface area contributed by atoms with Crippen LogP contribution >= 0.6 is 0 Å². The van der Waals surface area contributed by atoms with Gasteiger partial charge in [0.15, 0.2) is 0 Å². The van der Waals surface area contributed by atoms with Gasteiger partial charge in [0.05, 0.1) is 5.60 Å². The summed E-state index contributed by atoms with van der Waals surface area (Å²) < 4.78 is 0. The number of aliphatic hydroxyl groups is 1. The summed E-state index contributed by atoms with van der Waals surface area (Å²) in [7, 11) is 0. The smallest absolute Gasteiger partial charge is 0.0741 e. The van der Waals surface area contributed by atoms with Crippen LogP contribution < -0.4 is 5.32 Å². The lowest BCUT2D eigenvalue weighted by Crippen LogP contribution is -2.45. The number of benzene rings is 1. The molecule has 2 nitrogen and oxygen atoms in total. The zero-order valence-corrected chi connectivity index (χ0v) is 11.6. The molecule has 0 aromatic heterocycles. The van der Waals surface area contributed by atoms with E-state index in [-0.39, 0.29) is 6.04 Å². The molecule has 1 rings (SSSR count). The van der Waals surface area contributed by atoms with E-state index in [2.05, 4.69) is 43.4 Å². The second kappa shape index (κ2) is 5.65. The van der Waals surface area contributed by atoms with Crippen molar-refractivity contribution in [3.8, 4) is 0 Å². The number of aryl methyl sites for hydroxylation is 1. The van der Waals surface area contributed by atoms with E-state index in [0.717, 1.165) is 6.42 Å². The summed E-state index contributed by atoms with van der Waals surface area (Å²) >= 11 is 0. The topological polar surface area (TPSA) is 32.3 Å². The molecule has 0 spiro atoms. The van der Waals surface area contributed by atoms with Crippen molar-refractivity contribution in [3.05, 3.63) is 35.4 Å². The predicted octanol–water partition coefficient (Wildman–Crippen LogP) is 3.20. The van der Waals surface area contributed by atoms with Gasteiger partial charge in [-0.25, -0.2) is 0 Å². The van der Waals surface area contributed by atoms with E-state index in [0.29, 0.717) is 6.04 Å². The molecule has 0 heterocycles. The molecule has 2 atom stereocenters. The number of hydrogen-bond acceptors (Lipinski definition) is 2. The van der Waals surface area contributed by atoms with Gasteiger partial charge in [-0.1, -0.05) is 36.8 Å². The van der Waals surface area contributed by atoms with Crippen molar-refractivity contribution in [2.45, 2.75) is 58.7 Å². The van der Waals surface area contributed by atoms with Crippen LogP contribution in [0.5, 0.6) is 0 Å². The molecule has 17 heavy (non-hydrogen) atoms. The minimum atomic E-state index is -0.696. The monoisotopic (exact) mass is 235 g/mol. The fourth-order valence-electron chi connectivity index (χ4n) is 1.75. The largest absolute Gasteiger partial charge is 0.389 e. The van der Waals surface area contributed by atoms with Crippen LogP contribution in [0.1, 0.15) is 51.3 Å². The Balaban J connectivity index is 2.75. The first-order chi connectivity index (χ1) is 7.84. The van der Waals surface area contributed by atoms with Crippen LogP contribution in [0.4, 0.5) is 0 Å². The summed E-state index contributed by atoms with van der Waals surface area (Å²) in [4.78, 5) is 0. The second-order valence-corrected chi connectivity index (χ2v) is 5.41. The maximum absolute atomic E-state index is 9.96. The van der Waals surface area contributed by atoms with Gasteiger partial charge in [-0.3, -0.25) is 0 Å². The Morgan fingerprint density at radius 2 is 1.76 bits per heavy atom. The normalized spacial score (nSPS) is 15.6. The minimum absolute atomic E-state index is 0.0637. The van der Waals surface area contributed by atoms with Crippen LogP contribution in [0, 0.1) is 6.92 Å². The highest BCUT2D eigenvalue weighted by molar-refractivity contribution is 5.24. The highest BCUT2D eigenvalue weighted by Crippen LogP contribution is 2.20. The third-order valence-corrected chi connectivity index (χ3v) is 3.40.